The highest BCUT2D eigenvalue weighted by Gasteiger charge is 2.24. The van der Waals surface area contributed by atoms with Crippen molar-refractivity contribution in [2.75, 3.05) is 31.2 Å². The van der Waals surface area contributed by atoms with Crippen molar-refractivity contribution in [3.8, 4) is 5.75 Å². The number of amides is 1. The van der Waals surface area contributed by atoms with Crippen molar-refractivity contribution in [1.29, 1.82) is 0 Å². The van der Waals surface area contributed by atoms with E-state index in [0.717, 1.165) is 12.8 Å². The molecule has 0 spiro atoms. The van der Waals surface area contributed by atoms with Crippen LogP contribution in [0.4, 0.5) is 16.2 Å². The minimum absolute atomic E-state index is 0.127. The van der Waals surface area contributed by atoms with E-state index in [4.69, 9.17) is 16.2 Å². The van der Waals surface area contributed by atoms with E-state index in [9.17, 15) is 9.18 Å². The molecule has 0 radical (unpaired) electrons. The molecule has 1 aliphatic rings. The van der Waals surface area contributed by atoms with E-state index in [1.165, 1.54) is 12.1 Å². The normalized spacial score (nSPS) is 14.9. The number of rotatable bonds is 4. The molecular formula is C21H22FN5O2. The van der Waals surface area contributed by atoms with Crippen LogP contribution in [0.3, 0.4) is 0 Å². The van der Waals surface area contributed by atoms with Crippen LogP contribution in [0.2, 0.25) is 0 Å². The van der Waals surface area contributed by atoms with Crippen LogP contribution in [0.1, 0.15) is 23.2 Å². The fourth-order valence-electron chi connectivity index (χ4n) is 3.63. The van der Waals surface area contributed by atoms with E-state index in [-0.39, 0.29) is 11.9 Å². The quantitative estimate of drug-likeness (QED) is 0.703. The van der Waals surface area contributed by atoms with E-state index >= 15 is 0 Å². The summed E-state index contributed by atoms with van der Waals surface area (Å²) in [6.45, 7) is 1.73. The van der Waals surface area contributed by atoms with Crippen molar-refractivity contribution < 1.29 is 13.9 Å². The third-order valence-electron chi connectivity index (χ3n) is 5.18. The number of benzene rings is 2. The van der Waals surface area contributed by atoms with Crippen molar-refractivity contribution in [3.63, 3.8) is 0 Å². The number of aromatic nitrogens is 2. The van der Waals surface area contributed by atoms with Crippen LogP contribution in [0.15, 0.2) is 42.5 Å². The van der Waals surface area contributed by atoms with E-state index in [1.54, 1.807) is 17.0 Å². The summed E-state index contributed by atoms with van der Waals surface area (Å²) in [5.41, 5.74) is 12.7. The number of nitrogens with zero attached hydrogens (tertiary/aromatic N) is 3. The number of carbonyl (C=O) groups is 1. The molecule has 0 saturated carbocycles. The molecule has 4 rings (SSSR count). The zero-order valence-electron chi connectivity index (χ0n) is 15.8. The lowest BCUT2D eigenvalue weighted by atomic mass is 9.97. The van der Waals surface area contributed by atoms with E-state index in [0.29, 0.717) is 53.6 Å². The maximum atomic E-state index is 13.4. The number of nitrogens with two attached hydrogens (primary N) is 2. The number of carbonyl (C=O) groups excluding carboxylic acids is 1. The van der Waals surface area contributed by atoms with Gasteiger partial charge in [0.2, 0.25) is 5.95 Å². The number of hydrogen-bond donors (Lipinski definition) is 2. The minimum Gasteiger partial charge on any atom is -0.492 e. The van der Waals surface area contributed by atoms with Crippen LogP contribution >= 0.6 is 0 Å². The Bertz CT molecular complexity index is 1050. The second kappa shape index (κ2) is 7.90. The van der Waals surface area contributed by atoms with Gasteiger partial charge >= 0.3 is 0 Å². The van der Waals surface area contributed by atoms with E-state index in [2.05, 4.69) is 9.97 Å². The average Bonchev–Trinajstić information content (AvgIpc) is 2.71. The molecule has 150 valence electrons. The molecule has 1 saturated heterocycles. The number of ether oxygens (including phenoxy) is 1. The summed E-state index contributed by atoms with van der Waals surface area (Å²) in [5.74, 6) is 0.803. The number of likely N-dealkylation sites (tertiary alicyclic amines) is 1. The predicted molar refractivity (Wildman–Crippen MR) is 109 cm³/mol. The minimum atomic E-state index is -0.403. The first-order valence-electron chi connectivity index (χ1n) is 9.50. The van der Waals surface area contributed by atoms with Gasteiger partial charge in [0, 0.05) is 18.7 Å². The maximum absolute atomic E-state index is 13.4. The van der Waals surface area contributed by atoms with Gasteiger partial charge in [-0.3, -0.25) is 4.79 Å². The molecule has 1 amide bonds. The smallest absolute Gasteiger partial charge is 0.253 e. The van der Waals surface area contributed by atoms with Crippen LogP contribution in [-0.4, -0.2) is 40.5 Å². The fraction of sp³-hybridized carbons (Fsp3) is 0.286. The maximum Gasteiger partial charge on any atom is 0.253 e. The third kappa shape index (κ3) is 4.06. The van der Waals surface area contributed by atoms with Gasteiger partial charge in [0.25, 0.3) is 5.91 Å². The summed E-state index contributed by atoms with van der Waals surface area (Å²) in [4.78, 5) is 22.5. The molecule has 29 heavy (non-hydrogen) atoms. The number of piperidine rings is 1. The van der Waals surface area contributed by atoms with Crippen molar-refractivity contribution >= 4 is 28.6 Å². The summed E-state index contributed by atoms with van der Waals surface area (Å²) in [6, 6.07) is 11.3. The molecule has 0 unspecified atom stereocenters. The summed E-state index contributed by atoms with van der Waals surface area (Å²) in [7, 11) is 0. The SMILES string of the molecule is Nc1nc(N)c2c(OCC3CCN(C(=O)c4cccc(F)c4)CC3)cccc2n1. The van der Waals surface area contributed by atoms with Crippen LogP contribution in [0.25, 0.3) is 10.9 Å². The fourth-order valence-corrected chi connectivity index (χ4v) is 3.63. The molecule has 0 bridgehead atoms. The van der Waals surface area contributed by atoms with Gasteiger partial charge in [-0.2, -0.15) is 4.98 Å². The highest BCUT2D eigenvalue weighted by atomic mass is 19.1. The highest BCUT2D eigenvalue weighted by molar-refractivity contribution is 5.95. The molecule has 1 aliphatic heterocycles. The lowest BCUT2D eigenvalue weighted by Crippen LogP contribution is -2.39. The number of fused-ring (bicyclic) bond motifs is 1. The molecule has 2 heterocycles. The molecule has 2 aromatic carbocycles. The van der Waals surface area contributed by atoms with Crippen LogP contribution < -0.4 is 16.2 Å². The van der Waals surface area contributed by atoms with Crippen molar-refractivity contribution in [2.45, 2.75) is 12.8 Å². The number of halogens is 1. The molecule has 0 aliphatic carbocycles. The number of nitrogen functional groups attached to an aromatic ring is 2. The Morgan fingerprint density at radius 2 is 1.90 bits per heavy atom. The highest BCUT2D eigenvalue weighted by Crippen LogP contribution is 2.30. The molecule has 8 heteroatoms. The van der Waals surface area contributed by atoms with Gasteiger partial charge in [-0.25, -0.2) is 9.37 Å². The third-order valence-corrected chi connectivity index (χ3v) is 5.18. The Hall–Kier alpha value is -3.42. The van der Waals surface area contributed by atoms with Gasteiger partial charge in [-0.15, -0.1) is 0 Å². The van der Waals surface area contributed by atoms with Crippen LogP contribution in [0, 0.1) is 11.7 Å². The Kier molecular flexibility index (Phi) is 5.16. The largest absolute Gasteiger partial charge is 0.492 e. The summed E-state index contributed by atoms with van der Waals surface area (Å²) in [5, 5.41) is 0.653. The number of anilines is 2. The lowest BCUT2D eigenvalue weighted by Gasteiger charge is -2.32. The van der Waals surface area contributed by atoms with Crippen molar-refractivity contribution in [1.82, 2.24) is 14.9 Å². The van der Waals surface area contributed by atoms with Crippen LogP contribution in [0.5, 0.6) is 5.75 Å². The lowest BCUT2D eigenvalue weighted by molar-refractivity contribution is 0.0661. The van der Waals surface area contributed by atoms with Gasteiger partial charge in [0.1, 0.15) is 17.4 Å². The molecular weight excluding hydrogens is 373 g/mol. The molecule has 1 aromatic heterocycles. The molecule has 3 aromatic rings. The Labute approximate surface area is 167 Å². The first kappa shape index (κ1) is 18.9. The van der Waals surface area contributed by atoms with Gasteiger partial charge in [-0.05, 0) is 49.1 Å². The van der Waals surface area contributed by atoms with Crippen LogP contribution in [-0.2, 0) is 0 Å². The zero-order valence-corrected chi connectivity index (χ0v) is 15.8. The predicted octanol–water partition coefficient (Wildman–Crippen LogP) is 2.86. The summed E-state index contributed by atoms with van der Waals surface area (Å²) >= 11 is 0. The Balaban J connectivity index is 1.37. The van der Waals surface area contributed by atoms with Crippen molar-refractivity contribution in [3.05, 3.63) is 53.8 Å². The van der Waals surface area contributed by atoms with Gasteiger partial charge in [0.15, 0.2) is 0 Å². The Morgan fingerprint density at radius 3 is 2.66 bits per heavy atom. The average molecular weight is 395 g/mol. The van der Waals surface area contributed by atoms with E-state index < -0.39 is 5.82 Å². The first-order valence-corrected chi connectivity index (χ1v) is 9.50. The van der Waals surface area contributed by atoms with Crippen molar-refractivity contribution in [2.24, 2.45) is 5.92 Å². The topological polar surface area (TPSA) is 107 Å². The second-order valence-corrected chi connectivity index (χ2v) is 7.17. The Morgan fingerprint density at radius 1 is 1.14 bits per heavy atom. The number of hydrogen-bond acceptors (Lipinski definition) is 6. The molecule has 1 fully saturated rings. The standard InChI is InChI=1S/C21H22FN5O2/c22-15-4-1-3-14(11-15)20(28)27-9-7-13(8-10-27)12-29-17-6-2-5-16-18(17)19(23)26-21(24)25-16/h1-6,11,13H,7-10,12H2,(H4,23,24,25,26). The molecule has 0 atom stereocenters. The monoisotopic (exact) mass is 395 g/mol. The van der Waals surface area contributed by atoms with E-state index in [1.807, 2.05) is 18.2 Å². The second-order valence-electron chi connectivity index (χ2n) is 7.17. The summed E-state index contributed by atoms with van der Waals surface area (Å²) in [6.07, 6.45) is 1.62. The van der Waals surface area contributed by atoms with Gasteiger partial charge in [-0.1, -0.05) is 12.1 Å². The van der Waals surface area contributed by atoms with Gasteiger partial charge < -0.3 is 21.1 Å². The molecule has 4 N–H and O–H groups in total. The summed E-state index contributed by atoms with van der Waals surface area (Å²) < 4.78 is 19.4. The molecule has 7 nitrogen and oxygen atoms in total. The zero-order chi connectivity index (χ0) is 20.4. The van der Waals surface area contributed by atoms with Gasteiger partial charge in [0.05, 0.1) is 17.5 Å². The first-order chi connectivity index (χ1) is 14.0.